The summed E-state index contributed by atoms with van der Waals surface area (Å²) >= 11 is 10.1. The fourth-order valence-electron chi connectivity index (χ4n) is 1.96. The third-order valence-electron chi connectivity index (χ3n) is 3.04. The second-order valence-corrected chi connectivity index (χ2v) is 8.15. The van der Waals surface area contributed by atoms with Crippen LogP contribution in [0.15, 0.2) is 0 Å². The van der Waals surface area contributed by atoms with Crippen molar-refractivity contribution in [3.05, 3.63) is 0 Å². The lowest BCUT2D eigenvalue weighted by atomic mass is 10.3. The minimum Gasteiger partial charge on any atom is -0.351 e. The lowest BCUT2D eigenvalue weighted by Crippen LogP contribution is -2.29. The standard InChI is InChI=1S/C10H12F4N2S4/c11-9(12)1-3-15(5-9)7(17)19-20-8(18)16-4-2-10(13,14)6-16/h1-6H2. The van der Waals surface area contributed by atoms with Gasteiger partial charge in [0, 0.05) is 25.9 Å². The van der Waals surface area contributed by atoms with Crippen LogP contribution in [-0.2, 0) is 0 Å². The zero-order valence-corrected chi connectivity index (χ0v) is 13.5. The average Bonchev–Trinajstić information content (AvgIpc) is 2.88. The Morgan fingerprint density at radius 3 is 1.40 bits per heavy atom. The van der Waals surface area contributed by atoms with Gasteiger partial charge in [-0.15, -0.1) is 0 Å². The van der Waals surface area contributed by atoms with Crippen LogP contribution in [0.1, 0.15) is 12.8 Å². The van der Waals surface area contributed by atoms with Crippen LogP contribution in [0, 0.1) is 0 Å². The Labute approximate surface area is 133 Å². The molecule has 2 nitrogen and oxygen atoms in total. The Morgan fingerprint density at radius 2 is 1.15 bits per heavy atom. The summed E-state index contributed by atoms with van der Waals surface area (Å²) in [6.45, 7) is -0.330. The van der Waals surface area contributed by atoms with Gasteiger partial charge in [-0.3, -0.25) is 0 Å². The molecule has 2 aliphatic rings. The highest BCUT2D eigenvalue weighted by Gasteiger charge is 2.41. The lowest BCUT2D eigenvalue weighted by Gasteiger charge is -2.20. The van der Waals surface area contributed by atoms with Gasteiger partial charge in [0.25, 0.3) is 11.8 Å². The van der Waals surface area contributed by atoms with Crippen molar-refractivity contribution in [2.24, 2.45) is 0 Å². The van der Waals surface area contributed by atoms with Crippen LogP contribution in [0.25, 0.3) is 0 Å². The number of likely N-dealkylation sites (tertiary alicyclic amines) is 2. The van der Waals surface area contributed by atoms with Gasteiger partial charge < -0.3 is 9.80 Å². The van der Waals surface area contributed by atoms with Gasteiger partial charge in [0.1, 0.15) is 8.64 Å². The Balaban J connectivity index is 1.75. The molecule has 20 heavy (non-hydrogen) atoms. The molecule has 2 aliphatic heterocycles. The van der Waals surface area contributed by atoms with Crippen molar-refractivity contribution in [1.29, 1.82) is 0 Å². The van der Waals surface area contributed by atoms with Crippen LogP contribution in [0.5, 0.6) is 0 Å². The van der Waals surface area contributed by atoms with E-state index in [1.165, 1.54) is 9.80 Å². The van der Waals surface area contributed by atoms with Crippen LogP contribution in [0.3, 0.4) is 0 Å². The molecule has 0 saturated carbocycles. The first-order chi connectivity index (χ1) is 9.19. The third kappa shape index (κ3) is 4.35. The molecule has 0 amide bonds. The highest BCUT2D eigenvalue weighted by molar-refractivity contribution is 8.89. The predicted octanol–water partition coefficient (Wildman–Crippen LogP) is 3.62. The third-order valence-corrected chi connectivity index (χ3v) is 6.77. The van der Waals surface area contributed by atoms with Crippen molar-refractivity contribution >= 4 is 54.7 Å². The van der Waals surface area contributed by atoms with E-state index < -0.39 is 11.8 Å². The summed E-state index contributed by atoms with van der Waals surface area (Å²) in [7, 11) is 2.16. The van der Waals surface area contributed by atoms with Gasteiger partial charge in [-0.25, -0.2) is 17.6 Å². The topological polar surface area (TPSA) is 6.48 Å². The number of alkyl halides is 4. The Bertz CT molecular complexity index is 380. The second-order valence-electron chi connectivity index (χ2n) is 4.75. The first kappa shape index (κ1) is 16.6. The van der Waals surface area contributed by atoms with E-state index >= 15 is 0 Å². The van der Waals surface area contributed by atoms with E-state index in [0.29, 0.717) is 8.64 Å². The molecule has 2 heterocycles. The molecule has 0 atom stereocenters. The highest BCUT2D eigenvalue weighted by Crippen LogP contribution is 2.36. The number of hydrogen-bond donors (Lipinski definition) is 0. The van der Waals surface area contributed by atoms with Crippen LogP contribution in [0.4, 0.5) is 17.6 Å². The van der Waals surface area contributed by atoms with Crippen molar-refractivity contribution in [2.45, 2.75) is 24.7 Å². The molecule has 0 aromatic carbocycles. The maximum absolute atomic E-state index is 13.1. The summed E-state index contributed by atoms with van der Waals surface area (Å²) < 4.78 is 52.8. The number of rotatable bonds is 0. The molecule has 0 spiro atoms. The van der Waals surface area contributed by atoms with E-state index in [-0.39, 0.29) is 39.0 Å². The largest absolute Gasteiger partial charge is 0.351 e. The maximum Gasteiger partial charge on any atom is 0.266 e. The molecule has 2 fully saturated rings. The Kier molecular flexibility index (Phi) is 5.08. The van der Waals surface area contributed by atoms with Crippen molar-refractivity contribution < 1.29 is 17.6 Å². The fourth-order valence-corrected chi connectivity index (χ4v) is 4.61. The number of thiocarbonyl (C=S) groups is 2. The molecule has 0 radical (unpaired) electrons. The van der Waals surface area contributed by atoms with Crippen LogP contribution in [-0.4, -0.2) is 56.5 Å². The smallest absolute Gasteiger partial charge is 0.266 e. The number of nitrogens with zero attached hydrogens (tertiary/aromatic N) is 2. The molecule has 10 heteroatoms. The van der Waals surface area contributed by atoms with E-state index in [4.69, 9.17) is 24.4 Å². The summed E-state index contributed by atoms with van der Waals surface area (Å²) in [6.07, 6.45) is -0.414. The quantitative estimate of drug-likeness (QED) is 0.365. The van der Waals surface area contributed by atoms with Crippen LogP contribution >= 0.6 is 46.0 Å². The maximum atomic E-state index is 13.1. The molecular formula is C10H12F4N2S4. The zero-order chi connectivity index (χ0) is 15.0. The molecule has 0 aromatic rings. The molecule has 2 saturated heterocycles. The van der Waals surface area contributed by atoms with E-state index in [2.05, 4.69) is 0 Å². The first-order valence-corrected chi connectivity index (χ1v) is 8.83. The SMILES string of the molecule is FC1(F)CCN(C(=S)SSC(=S)N2CCC(F)(F)C2)C1. The molecule has 0 aliphatic carbocycles. The Morgan fingerprint density at radius 1 is 0.800 bits per heavy atom. The summed E-state index contributed by atoms with van der Waals surface area (Å²) in [6, 6.07) is 0. The zero-order valence-electron chi connectivity index (χ0n) is 10.3. The van der Waals surface area contributed by atoms with Gasteiger partial charge in [-0.2, -0.15) is 0 Å². The second kappa shape index (κ2) is 6.13. The lowest BCUT2D eigenvalue weighted by molar-refractivity contribution is 0.0172. The highest BCUT2D eigenvalue weighted by atomic mass is 33.1. The van der Waals surface area contributed by atoms with E-state index in [1.807, 2.05) is 0 Å². The summed E-state index contributed by atoms with van der Waals surface area (Å²) in [5.41, 5.74) is 0. The fraction of sp³-hybridized carbons (Fsp3) is 0.800. The van der Waals surface area contributed by atoms with Gasteiger partial charge in [-0.1, -0.05) is 24.4 Å². The van der Waals surface area contributed by atoms with Gasteiger partial charge in [0.15, 0.2) is 0 Å². The van der Waals surface area contributed by atoms with Gasteiger partial charge in [0.05, 0.1) is 13.1 Å². The normalized spacial score (nSPS) is 24.2. The van der Waals surface area contributed by atoms with Crippen molar-refractivity contribution in [3.8, 4) is 0 Å². The summed E-state index contributed by atoms with van der Waals surface area (Å²) in [5, 5.41) is 0. The van der Waals surface area contributed by atoms with Crippen LogP contribution < -0.4 is 0 Å². The molecule has 0 N–H and O–H groups in total. The molecule has 0 unspecified atom stereocenters. The Hall–Kier alpha value is 0.200. The first-order valence-electron chi connectivity index (χ1n) is 5.87. The average molecular weight is 364 g/mol. The van der Waals surface area contributed by atoms with Gasteiger partial charge in [0.2, 0.25) is 0 Å². The summed E-state index contributed by atoms with van der Waals surface area (Å²) in [4.78, 5) is 2.85. The molecule has 2 rings (SSSR count). The van der Waals surface area contributed by atoms with E-state index in [1.54, 1.807) is 0 Å². The summed E-state index contributed by atoms with van der Waals surface area (Å²) in [5.74, 6) is -5.40. The van der Waals surface area contributed by atoms with Crippen LogP contribution in [0.2, 0.25) is 0 Å². The van der Waals surface area contributed by atoms with E-state index in [9.17, 15) is 17.6 Å². The van der Waals surface area contributed by atoms with E-state index in [0.717, 1.165) is 21.6 Å². The minimum atomic E-state index is -2.70. The minimum absolute atomic E-state index is 0.207. The number of hydrogen-bond acceptors (Lipinski definition) is 4. The van der Waals surface area contributed by atoms with Crippen molar-refractivity contribution in [3.63, 3.8) is 0 Å². The van der Waals surface area contributed by atoms with Crippen molar-refractivity contribution in [2.75, 3.05) is 26.2 Å². The number of halogens is 4. The molecule has 0 aromatic heterocycles. The molecular weight excluding hydrogens is 352 g/mol. The van der Waals surface area contributed by atoms with Gasteiger partial charge >= 0.3 is 0 Å². The molecule has 0 bridgehead atoms. The molecule has 114 valence electrons. The predicted molar refractivity (Wildman–Crippen MR) is 82.7 cm³/mol. The van der Waals surface area contributed by atoms with Gasteiger partial charge in [-0.05, 0) is 21.6 Å². The monoisotopic (exact) mass is 364 g/mol. The van der Waals surface area contributed by atoms with Crippen molar-refractivity contribution in [1.82, 2.24) is 9.80 Å².